The maximum Gasteiger partial charge on any atom is 0.196 e. The van der Waals surface area contributed by atoms with Crippen LogP contribution in [-0.4, -0.2) is 25.2 Å². The third-order valence-corrected chi connectivity index (χ3v) is 5.23. The Labute approximate surface area is 127 Å². The zero-order valence-electron chi connectivity index (χ0n) is 13.2. The molecule has 1 aliphatic heterocycles. The smallest absolute Gasteiger partial charge is 0.196 e. The van der Waals surface area contributed by atoms with E-state index in [4.69, 9.17) is 10.5 Å². The largest absolute Gasteiger partial charge is 0.495 e. The second-order valence-corrected chi connectivity index (χ2v) is 6.57. The zero-order valence-corrected chi connectivity index (χ0v) is 13.2. The van der Waals surface area contributed by atoms with E-state index in [-0.39, 0.29) is 5.54 Å². The van der Waals surface area contributed by atoms with Crippen LogP contribution in [0.1, 0.15) is 33.1 Å². The van der Waals surface area contributed by atoms with E-state index >= 15 is 0 Å². The third-order valence-electron chi connectivity index (χ3n) is 5.23. The molecule has 1 aromatic rings. The summed E-state index contributed by atoms with van der Waals surface area (Å²) < 4.78 is 5.55. The Morgan fingerprint density at radius 2 is 2.05 bits per heavy atom. The van der Waals surface area contributed by atoms with Gasteiger partial charge in [-0.15, -0.1) is 0 Å². The Morgan fingerprint density at radius 1 is 1.29 bits per heavy atom. The summed E-state index contributed by atoms with van der Waals surface area (Å²) in [5.41, 5.74) is 7.32. The molecule has 0 radical (unpaired) electrons. The summed E-state index contributed by atoms with van der Waals surface area (Å²) in [6.07, 6.45) is 3.66. The van der Waals surface area contributed by atoms with Crippen LogP contribution in [0.4, 0.5) is 5.69 Å². The van der Waals surface area contributed by atoms with Gasteiger partial charge in [-0.2, -0.15) is 0 Å². The molecule has 0 saturated heterocycles. The van der Waals surface area contributed by atoms with E-state index in [2.05, 4.69) is 29.8 Å². The lowest BCUT2D eigenvalue weighted by Gasteiger charge is -2.48. The predicted octanol–water partition coefficient (Wildman–Crippen LogP) is 3.02. The minimum absolute atomic E-state index is 0.0103. The van der Waals surface area contributed by atoms with Gasteiger partial charge in [-0.3, -0.25) is 4.99 Å². The fourth-order valence-electron chi connectivity index (χ4n) is 4.01. The van der Waals surface area contributed by atoms with E-state index in [0.717, 1.165) is 24.4 Å². The lowest BCUT2D eigenvalue weighted by atomic mass is 9.69. The Bertz CT molecular complexity index is 557. The van der Waals surface area contributed by atoms with Gasteiger partial charge < -0.3 is 15.4 Å². The van der Waals surface area contributed by atoms with Gasteiger partial charge in [0.25, 0.3) is 0 Å². The van der Waals surface area contributed by atoms with Crippen LogP contribution in [-0.2, 0) is 0 Å². The number of hydrogen-bond acceptors (Lipinski definition) is 4. The SMILES string of the molecule is COc1ccccc1N1C(N)=NCC12CC(C)CCC2C. The fraction of sp³-hybridized carbons (Fsp3) is 0.588. The molecule has 3 atom stereocenters. The lowest BCUT2D eigenvalue weighted by molar-refractivity contribution is 0.177. The molecule has 4 nitrogen and oxygen atoms in total. The monoisotopic (exact) mass is 287 g/mol. The fourth-order valence-corrected chi connectivity index (χ4v) is 4.01. The van der Waals surface area contributed by atoms with Crippen molar-refractivity contribution in [2.45, 2.75) is 38.6 Å². The van der Waals surface area contributed by atoms with Crippen LogP contribution in [0, 0.1) is 11.8 Å². The van der Waals surface area contributed by atoms with Gasteiger partial charge in [-0.05, 0) is 36.8 Å². The first-order valence-electron chi connectivity index (χ1n) is 7.81. The molecule has 1 spiro atoms. The highest BCUT2D eigenvalue weighted by atomic mass is 16.5. The van der Waals surface area contributed by atoms with Gasteiger partial charge in [0.2, 0.25) is 0 Å². The molecule has 1 aromatic carbocycles. The molecule has 21 heavy (non-hydrogen) atoms. The highest BCUT2D eigenvalue weighted by Crippen LogP contribution is 2.47. The summed E-state index contributed by atoms with van der Waals surface area (Å²) in [4.78, 5) is 6.84. The van der Waals surface area contributed by atoms with Crippen molar-refractivity contribution >= 4 is 11.6 Å². The molecule has 0 bridgehead atoms. The van der Waals surface area contributed by atoms with Crippen molar-refractivity contribution in [1.82, 2.24) is 0 Å². The number of ether oxygens (including phenoxy) is 1. The number of aliphatic imine (C=N–C) groups is 1. The summed E-state index contributed by atoms with van der Waals surface area (Å²) in [6.45, 7) is 5.47. The molecule has 2 aliphatic rings. The van der Waals surface area contributed by atoms with Gasteiger partial charge >= 0.3 is 0 Å². The Balaban J connectivity index is 2.07. The Hall–Kier alpha value is -1.71. The van der Waals surface area contributed by atoms with Crippen molar-refractivity contribution in [3.63, 3.8) is 0 Å². The van der Waals surface area contributed by atoms with E-state index in [1.54, 1.807) is 7.11 Å². The van der Waals surface area contributed by atoms with Crippen molar-refractivity contribution in [3.05, 3.63) is 24.3 Å². The maximum atomic E-state index is 6.27. The molecule has 3 unspecified atom stereocenters. The summed E-state index contributed by atoms with van der Waals surface area (Å²) in [5, 5.41) is 0. The Kier molecular flexibility index (Phi) is 3.56. The molecule has 1 saturated carbocycles. The van der Waals surface area contributed by atoms with Crippen LogP contribution in [0.15, 0.2) is 29.3 Å². The minimum atomic E-state index is 0.0103. The van der Waals surface area contributed by atoms with Crippen molar-refractivity contribution in [1.29, 1.82) is 0 Å². The zero-order chi connectivity index (χ0) is 15.0. The van der Waals surface area contributed by atoms with Crippen LogP contribution in [0.25, 0.3) is 0 Å². The van der Waals surface area contributed by atoms with Gasteiger partial charge in [0.1, 0.15) is 5.75 Å². The molecular formula is C17H25N3O. The van der Waals surface area contributed by atoms with Crippen LogP contribution in [0.3, 0.4) is 0 Å². The molecule has 2 N–H and O–H groups in total. The second-order valence-electron chi connectivity index (χ2n) is 6.57. The Morgan fingerprint density at radius 3 is 2.81 bits per heavy atom. The van der Waals surface area contributed by atoms with Crippen LogP contribution < -0.4 is 15.4 Å². The van der Waals surface area contributed by atoms with E-state index in [1.165, 1.54) is 12.8 Å². The number of guanidine groups is 1. The van der Waals surface area contributed by atoms with Crippen molar-refractivity contribution in [2.75, 3.05) is 18.6 Å². The molecule has 1 fully saturated rings. The normalized spacial score (nSPS) is 32.3. The second kappa shape index (κ2) is 5.24. The van der Waals surface area contributed by atoms with Crippen LogP contribution in [0.5, 0.6) is 5.75 Å². The molecule has 1 aliphatic carbocycles. The molecule has 0 amide bonds. The van der Waals surface area contributed by atoms with E-state index in [1.807, 2.05) is 18.2 Å². The first-order chi connectivity index (χ1) is 10.1. The molecule has 1 heterocycles. The number of nitrogens with zero attached hydrogens (tertiary/aromatic N) is 2. The minimum Gasteiger partial charge on any atom is -0.495 e. The number of benzene rings is 1. The van der Waals surface area contributed by atoms with Crippen LogP contribution >= 0.6 is 0 Å². The molecule has 4 heteroatoms. The van der Waals surface area contributed by atoms with Gasteiger partial charge in [-0.25, -0.2) is 0 Å². The van der Waals surface area contributed by atoms with Gasteiger partial charge in [0, 0.05) is 0 Å². The lowest BCUT2D eigenvalue weighted by Crippen LogP contribution is -2.58. The van der Waals surface area contributed by atoms with Crippen molar-refractivity contribution in [3.8, 4) is 5.75 Å². The maximum absolute atomic E-state index is 6.27. The van der Waals surface area contributed by atoms with Gasteiger partial charge in [0.15, 0.2) is 5.96 Å². The number of hydrogen-bond donors (Lipinski definition) is 1. The standard InChI is InChI=1S/C17H25N3O/c1-12-8-9-13(2)17(10-12)11-19-16(18)20(17)14-6-4-5-7-15(14)21-3/h4-7,12-13H,8-11H2,1-3H3,(H2,18,19). The summed E-state index contributed by atoms with van der Waals surface area (Å²) in [5.74, 6) is 2.77. The molecule has 0 aromatic heterocycles. The highest BCUT2D eigenvalue weighted by Gasteiger charge is 2.50. The summed E-state index contributed by atoms with van der Waals surface area (Å²) in [6, 6.07) is 8.10. The topological polar surface area (TPSA) is 50.9 Å². The van der Waals surface area contributed by atoms with Crippen LogP contribution in [0.2, 0.25) is 0 Å². The molecular weight excluding hydrogens is 262 g/mol. The number of para-hydroxylation sites is 2. The van der Waals surface area contributed by atoms with E-state index in [0.29, 0.717) is 17.8 Å². The summed E-state index contributed by atoms with van der Waals surface area (Å²) in [7, 11) is 1.71. The van der Waals surface area contributed by atoms with Gasteiger partial charge in [0.05, 0.1) is 24.9 Å². The average Bonchev–Trinajstić information content (AvgIpc) is 2.81. The number of rotatable bonds is 2. The third kappa shape index (κ3) is 2.17. The van der Waals surface area contributed by atoms with Crippen molar-refractivity contribution in [2.24, 2.45) is 22.6 Å². The first kappa shape index (κ1) is 14.2. The number of methoxy groups -OCH3 is 1. The summed E-state index contributed by atoms with van der Waals surface area (Å²) >= 11 is 0. The van der Waals surface area contributed by atoms with E-state index < -0.39 is 0 Å². The molecule has 114 valence electrons. The van der Waals surface area contributed by atoms with Crippen molar-refractivity contribution < 1.29 is 4.74 Å². The first-order valence-corrected chi connectivity index (χ1v) is 7.81. The van der Waals surface area contributed by atoms with Gasteiger partial charge in [-0.1, -0.05) is 32.4 Å². The van der Waals surface area contributed by atoms with E-state index in [9.17, 15) is 0 Å². The predicted molar refractivity (Wildman–Crippen MR) is 86.9 cm³/mol. The highest BCUT2D eigenvalue weighted by molar-refractivity contribution is 5.99. The number of nitrogens with two attached hydrogens (primary N) is 1. The quantitative estimate of drug-likeness (QED) is 0.909. The average molecular weight is 287 g/mol. The number of anilines is 1. The molecule has 3 rings (SSSR count).